The second-order valence-corrected chi connectivity index (χ2v) is 10.3. The van der Waals surface area contributed by atoms with Crippen LogP contribution in [-0.2, 0) is 23.0 Å². The second-order valence-electron chi connectivity index (χ2n) is 8.93. The lowest BCUT2D eigenvalue weighted by molar-refractivity contribution is -0.139. The van der Waals surface area contributed by atoms with Crippen LogP contribution in [0.1, 0.15) is 37.5 Å². The average Bonchev–Trinajstić information content (AvgIpc) is 2.80. The van der Waals surface area contributed by atoms with E-state index in [1.54, 1.807) is 49.4 Å². The van der Waals surface area contributed by atoms with Gasteiger partial charge in [-0.05, 0) is 62.2 Å². The molecule has 0 aliphatic carbocycles. The molecule has 1 unspecified atom stereocenters. The van der Waals surface area contributed by atoms with Gasteiger partial charge in [0.25, 0.3) is 5.91 Å². The Morgan fingerprint density at radius 2 is 1.78 bits per heavy atom. The zero-order chi connectivity index (χ0) is 26.7. The molecule has 10 heteroatoms. The van der Waals surface area contributed by atoms with E-state index in [4.69, 9.17) is 16.3 Å². The van der Waals surface area contributed by atoms with Crippen molar-refractivity contribution in [1.82, 2.24) is 10.3 Å². The molecule has 1 amide bonds. The third-order valence-electron chi connectivity index (χ3n) is 5.75. The number of pyridine rings is 1. The fourth-order valence-corrected chi connectivity index (χ4v) is 4.11. The molecule has 2 atom stereocenters. The third-order valence-corrected chi connectivity index (χ3v) is 6.49. The van der Waals surface area contributed by atoms with Crippen LogP contribution in [0.25, 0.3) is 0 Å². The van der Waals surface area contributed by atoms with Crippen LogP contribution in [0.5, 0.6) is 5.88 Å². The highest BCUT2D eigenvalue weighted by atomic mass is 79.9. The monoisotopic (exact) mass is 584 g/mol. The van der Waals surface area contributed by atoms with Crippen molar-refractivity contribution < 1.29 is 27.8 Å². The number of rotatable bonds is 8. The molecule has 0 spiro atoms. The summed E-state index contributed by atoms with van der Waals surface area (Å²) in [5.74, 6) is -0.722. The summed E-state index contributed by atoms with van der Waals surface area (Å²) in [6.07, 6.45) is -3.72. The SMILES string of the molecule is C[C@H](NC(=O)C(C)(C)Oc1ccc(C(F)(F)F)cn1)C(O)(Cc1ccc(Cl)cc1)c1cccc(Br)c1. The molecule has 0 bridgehead atoms. The molecule has 0 radical (unpaired) electrons. The fraction of sp³-hybridized carbons (Fsp3) is 0.308. The first kappa shape index (κ1) is 28.0. The number of amides is 1. The van der Waals surface area contributed by atoms with Gasteiger partial charge in [0.2, 0.25) is 5.88 Å². The van der Waals surface area contributed by atoms with Crippen LogP contribution < -0.4 is 10.1 Å². The van der Waals surface area contributed by atoms with E-state index >= 15 is 0 Å². The number of hydrogen-bond donors (Lipinski definition) is 2. The molecule has 2 aromatic carbocycles. The van der Waals surface area contributed by atoms with Crippen LogP contribution in [0, 0.1) is 0 Å². The Kier molecular flexibility index (Phi) is 8.37. The zero-order valence-electron chi connectivity index (χ0n) is 19.7. The zero-order valence-corrected chi connectivity index (χ0v) is 22.1. The molecule has 1 aromatic heterocycles. The molecule has 3 aromatic rings. The molecule has 0 fully saturated rings. The van der Waals surface area contributed by atoms with E-state index in [1.807, 2.05) is 6.07 Å². The fourth-order valence-electron chi connectivity index (χ4n) is 3.58. The van der Waals surface area contributed by atoms with Crippen LogP contribution in [-0.4, -0.2) is 27.6 Å². The molecule has 3 rings (SSSR count). The number of nitrogens with one attached hydrogen (secondary N) is 1. The maximum absolute atomic E-state index is 13.2. The number of carbonyl (C=O) groups excluding carboxylic acids is 1. The number of halogens is 5. The van der Waals surface area contributed by atoms with Crippen molar-refractivity contribution in [2.45, 2.75) is 50.6 Å². The topological polar surface area (TPSA) is 71.5 Å². The number of carbonyl (C=O) groups is 1. The lowest BCUT2D eigenvalue weighted by atomic mass is 9.81. The van der Waals surface area contributed by atoms with Gasteiger partial charge in [-0.15, -0.1) is 0 Å². The van der Waals surface area contributed by atoms with Crippen molar-refractivity contribution in [3.05, 3.63) is 93.0 Å². The van der Waals surface area contributed by atoms with Gasteiger partial charge in [0.05, 0.1) is 11.6 Å². The van der Waals surface area contributed by atoms with E-state index in [-0.39, 0.29) is 12.3 Å². The Balaban J connectivity index is 1.82. The summed E-state index contributed by atoms with van der Waals surface area (Å²) in [6.45, 7) is 4.60. The molecule has 36 heavy (non-hydrogen) atoms. The number of benzene rings is 2. The predicted molar refractivity (Wildman–Crippen MR) is 135 cm³/mol. The molecule has 0 saturated heterocycles. The summed E-state index contributed by atoms with van der Waals surface area (Å²) in [6, 6.07) is 15.3. The molecule has 0 aliphatic heterocycles. The Morgan fingerprint density at radius 3 is 2.33 bits per heavy atom. The highest BCUT2D eigenvalue weighted by Gasteiger charge is 2.40. The van der Waals surface area contributed by atoms with E-state index in [0.29, 0.717) is 16.8 Å². The van der Waals surface area contributed by atoms with Crippen molar-refractivity contribution in [2.75, 3.05) is 0 Å². The molecular formula is C26H25BrClF3N2O3. The van der Waals surface area contributed by atoms with Crippen LogP contribution >= 0.6 is 27.5 Å². The summed E-state index contributed by atoms with van der Waals surface area (Å²) >= 11 is 9.42. The van der Waals surface area contributed by atoms with Gasteiger partial charge in [-0.25, -0.2) is 4.98 Å². The van der Waals surface area contributed by atoms with Crippen molar-refractivity contribution in [2.24, 2.45) is 0 Å². The largest absolute Gasteiger partial charge is 0.462 e. The number of hydrogen-bond acceptors (Lipinski definition) is 4. The lowest BCUT2D eigenvalue weighted by Crippen LogP contribution is -2.56. The van der Waals surface area contributed by atoms with Gasteiger partial charge in [0, 0.05) is 28.2 Å². The number of ether oxygens (including phenoxy) is 1. The quantitative estimate of drug-likeness (QED) is 0.325. The van der Waals surface area contributed by atoms with Crippen LogP contribution in [0.3, 0.4) is 0 Å². The van der Waals surface area contributed by atoms with Gasteiger partial charge in [-0.1, -0.05) is 51.8 Å². The summed E-state index contributed by atoms with van der Waals surface area (Å²) < 4.78 is 44.8. The van der Waals surface area contributed by atoms with Crippen molar-refractivity contribution in [3.63, 3.8) is 0 Å². The van der Waals surface area contributed by atoms with Gasteiger partial charge in [-0.3, -0.25) is 4.79 Å². The highest BCUT2D eigenvalue weighted by Crippen LogP contribution is 2.33. The second kappa shape index (κ2) is 10.8. The average molecular weight is 586 g/mol. The smallest absolute Gasteiger partial charge is 0.417 e. The number of nitrogens with zero attached hydrogens (tertiary/aromatic N) is 1. The molecule has 1 heterocycles. The Bertz CT molecular complexity index is 1200. The van der Waals surface area contributed by atoms with Crippen molar-refractivity contribution in [1.29, 1.82) is 0 Å². The van der Waals surface area contributed by atoms with Crippen LogP contribution in [0.15, 0.2) is 71.3 Å². The van der Waals surface area contributed by atoms with E-state index < -0.39 is 34.9 Å². The first-order valence-electron chi connectivity index (χ1n) is 11.0. The lowest BCUT2D eigenvalue weighted by Gasteiger charge is -2.37. The minimum absolute atomic E-state index is 0.140. The van der Waals surface area contributed by atoms with Gasteiger partial charge in [0.15, 0.2) is 5.60 Å². The number of aromatic nitrogens is 1. The van der Waals surface area contributed by atoms with Gasteiger partial charge in [0.1, 0.15) is 5.60 Å². The Hall–Kier alpha value is -2.62. The Morgan fingerprint density at radius 1 is 1.11 bits per heavy atom. The molecular weight excluding hydrogens is 561 g/mol. The van der Waals surface area contributed by atoms with Crippen LogP contribution in [0.4, 0.5) is 13.2 Å². The molecule has 192 valence electrons. The highest BCUT2D eigenvalue weighted by molar-refractivity contribution is 9.10. The summed E-state index contributed by atoms with van der Waals surface area (Å²) in [4.78, 5) is 16.8. The maximum atomic E-state index is 13.2. The van der Waals surface area contributed by atoms with Gasteiger partial charge < -0.3 is 15.2 Å². The van der Waals surface area contributed by atoms with Crippen molar-refractivity contribution >= 4 is 33.4 Å². The molecule has 5 nitrogen and oxygen atoms in total. The first-order valence-corrected chi connectivity index (χ1v) is 12.1. The minimum atomic E-state index is -4.53. The van der Waals surface area contributed by atoms with E-state index in [9.17, 15) is 23.1 Å². The maximum Gasteiger partial charge on any atom is 0.417 e. The summed E-state index contributed by atoms with van der Waals surface area (Å²) in [7, 11) is 0. The normalized spacial score (nSPS) is 14.6. The van der Waals surface area contributed by atoms with E-state index in [1.165, 1.54) is 13.8 Å². The van der Waals surface area contributed by atoms with Gasteiger partial charge in [-0.2, -0.15) is 13.2 Å². The van der Waals surface area contributed by atoms with Crippen LogP contribution in [0.2, 0.25) is 5.02 Å². The first-order chi connectivity index (χ1) is 16.7. The van der Waals surface area contributed by atoms with E-state index in [2.05, 4.69) is 26.2 Å². The standard InChI is InChI=1S/C26H25BrClF3N2O3/c1-16(33-23(34)24(2,3)36-22-12-9-19(15-32-22)26(29,30)31)25(35,18-5-4-6-20(27)13-18)14-17-7-10-21(28)11-8-17/h4-13,15-16,35H,14H2,1-3H3,(H,33,34)/t16-,25?/m0/s1. The predicted octanol–water partition coefficient (Wildman–Crippen LogP) is 6.31. The van der Waals surface area contributed by atoms with Gasteiger partial charge >= 0.3 is 6.18 Å². The molecule has 2 N–H and O–H groups in total. The van der Waals surface area contributed by atoms with Crippen molar-refractivity contribution in [3.8, 4) is 5.88 Å². The third kappa shape index (κ3) is 6.78. The van der Waals surface area contributed by atoms with E-state index in [0.717, 1.165) is 22.2 Å². The molecule has 0 saturated carbocycles. The summed E-state index contributed by atoms with van der Waals surface area (Å²) in [5.41, 5.74) is -2.57. The number of alkyl halides is 3. The number of aliphatic hydroxyl groups is 1. The molecule has 0 aliphatic rings. The minimum Gasteiger partial charge on any atom is -0.462 e. The Labute approximate surface area is 220 Å². The summed E-state index contributed by atoms with van der Waals surface area (Å²) in [5, 5.41) is 15.2.